The maximum Gasteiger partial charge on any atom is 0.260 e. The van der Waals surface area contributed by atoms with E-state index >= 15 is 0 Å². The zero-order valence-electron chi connectivity index (χ0n) is 17.5. The molecule has 0 aliphatic heterocycles. The Labute approximate surface area is 188 Å². The maximum atomic E-state index is 13.4. The Morgan fingerprint density at radius 3 is 2.58 bits per heavy atom. The second kappa shape index (κ2) is 10.1. The van der Waals surface area contributed by atoms with Gasteiger partial charge in [-0.05, 0) is 36.4 Å². The van der Waals surface area contributed by atoms with Crippen molar-refractivity contribution in [2.75, 3.05) is 24.1 Å². The van der Waals surface area contributed by atoms with Gasteiger partial charge in [0.05, 0.1) is 11.3 Å². The van der Waals surface area contributed by atoms with Crippen LogP contribution in [0.1, 0.15) is 21.5 Å². The molecule has 0 spiro atoms. The van der Waals surface area contributed by atoms with Crippen molar-refractivity contribution < 1.29 is 19.1 Å². The van der Waals surface area contributed by atoms with E-state index in [1.165, 1.54) is 12.4 Å². The summed E-state index contributed by atoms with van der Waals surface area (Å²) in [4.78, 5) is 34.1. The van der Waals surface area contributed by atoms with Crippen molar-refractivity contribution in [3.8, 4) is 5.75 Å². The van der Waals surface area contributed by atoms with Gasteiger partial charge in [-0.3, -0.25) is 19.9 Å². The van der Waals surface area contributed by atoms with E-state index in [1.807, 2.05) is 0 Å². The summed E-state index contributed by atoms with van der Waals surface area (Å²) in [6.07, 6.45) is 2.24. The first-order valence-corrected chi connectivity index (χ1v) is 9.79. The molecule has 2 aromatic carbocycles. The number of phenols is 1. The van der Waals surface area contributed by atoms with E-state index in [1.54, 1.807) is 30.3 Å². The summed E-state index contributed by atoms with van der Waals surface area (Å²) >= 11 is 0. The number of rotatable bonds is 8. The summed E-state index contributed by atoms with van der Waals surface area (Å²) in [6, 6.07) is 11.8. The smallest absolute Gasteiger partial charge is 0.260 e. The molecule has 0 unspecified atom stereocenters. The lowest BCUT2D eigenvalue weighted by atomic mass is 10.0. The van der Waals surface area contributed by atoms with Gasteiger partial charge in [-0.2, -0.15) is 0 Å². The van der Waals surface area contributed by atoms with Gasteiger partial charge in [-0.15, -0.1) is 0 Å². The maximum absolute atomic E-state index is 13.4. The summed E-state index contributed by atoms with van der Waals surface area (Å²) in [7, 11) is 0. The van der Waals surface area contributed by atoms with Gasteiger partial charge in [0.25, 0.3) is 11.8 Å². The van der Waals surface area contributed by atoms with Crippen LogP contribution in [0.2, 0.25) is 0 Å². The van der Waals surface area contributed by atoms with E-state index in [9.17, 15) is 19.1 Å². The van der Waals surface area contributed by atoms with Crippen LogP contribution >= 0.6 is 0 Å². The van der Waals surface area contributed by atoms with Crippen LogP contribution in [-0.2, 0) is 4.79 Å². The van der Waals surface area contributed by atoms with Crippen LogP contribution in [-0.4, -0.2) is 50.6 Å². The lowest BCUT2D eigenvalue weighted by Gasteiger charge is -2.20. The van der Waals surface area contributed by atoms with Crippen LogP contribution < -0.4 is 11.1 Å². The molecule has 33 heavy (non-hydrogen) atoms. The number of carbonyl (C=O) groups excluding carboxylic acids is 2. The molecular weight excluding hydrogens is 427 g/mol. The molecule has 0 aliphatic rings. The van der Waals surface area contributed by atoms with Gasteiger partial charge in [0, 0.05) is 24.2 Å². The predicted molar refractivity (Wildman–Crippen MR) is 122 cm³/mol. The van der Waals surface area contributed by atoms with Crippen molar-refractivity contribution in [2.45, 2.75) is 0 Å². The third-order valence-electron chi connectivity index (χ3n) is 4.70. The molecule has 0 saturated carbocycles. The minimum atomic E-state index is -0.822. The first kappa shape index (κ1) is 23.1. The number of halogens is 1. The molecule has 2 amide bonds. The fourth-order valence-corrected chi connectivity index (χ4v) is 3.04. The third kappa shape index (κ3) is 5.18. The minimum absolute atomic E-state index is 0.0132. The van der Waals surface area contributed by atoms with E-state index in [0.717, 1.165) is 23.1 Å². The number of amides is 2. The second-order valence-electron chi connectivity index (χ2n) is 6.82. The summed E-state index contributed by atoms with van der Waals surface area (Å²) in [5.74, 6) is -2.32. The summed E-state index contributed by atoms with van der Waals surface area (Å²) < 4.78 is 13.4. The highest BCUT2D eigenvalue weighted by Gasteiger charge is 2.21. The number of nitrogens with zero attached hydrogens (tertiary/aromatic N) is 3. The molecule has 1 heterocycles. The van der Waals surface area contributed by atoms with Crippen LogP contribution in [0.15, 0.2) is 67.5 Å². The van der Waals surface area contributed by atoms with Gasteiger partial charge in [0.2, 0.25) is 0 Å². The number of anilines is 2. The van der Waals surface area contributed by atoms with Crippen LogP contribution in [0.3, 0.4) is 0 Å². The Kier molecular flexibility index (Phi) is 7.09. The summed E-state index contributed by atoms with van der Waals surface area (Å²) in [5, 5.41) is 21.0. The Balaban J connectivity index is 1.81. The van der Waals surface area contributed by atoms with Crippen molar-refractivity contribution in [3.05, 3.63) is 90.0 Å². The average molecular weight is 448 g/mol. The van der Waals surface area contributed by atoms with E-state index in [0.29, 0.717) is 5.56 Å². The van der Waals surface area contributed by atoms with Crippen molar-refractivity contribution >= 4 is 29.2 Å². The van der Waals surface area contributed by atoms with Crippen molar-refractivity contribution in [1.29, 1.82) is 5.41 Å². The number of nitrogens with two attached hydrogens (primary N) is 1. The Bertz CT molecular complexity index is 1220. The molecule has 10 heteroatoms. The van der Waals surface area contributed by atoms with Crippen LogP contribution in [0.4, 0.5) is 16.0 Å². The quantitative estimate of drug-likeness (QED) is 0.306. The van der Waals surface area contributed by atoms with Crippen LogP contribution in [0.25, 0.3) is 0 Å². The Hall–Kier alpha value is -4.60. The van der Waals surface area contributed by atoms with E-state index in [2.05, 4.69) is 21.9 Å². The Morgan fingerprint density at radius 2 is 1.91 bits per heavy atom. The second-order valence-corrected chi connectivity index (χ2v) is 6.82. The molecular formula is C23H21FN6O3. The fourth-order valence-electron chi connectivity index (χ4n) is 3.04. The number of aromatic nitrogens is 2. The number of phenolic OH excluding ortho intramolecular Hbond substituents is 1. The molecule has 9 nitrogen and oxygen atoms in total. The van der Waals surface area contributed by atoms with Gasteiger partial charge in [0.1, 0.15) is 18.0 Å². The van der Waals surface area contributed by atoms with Crippen LogP contribution in [0, 0.1) is 11.2 Å². The number of carbonyl (C=O) groups is 2. The number of benzene rings is 2. The summed E-state index contributed by atoms with van der Waals surface area (Å²) in [6.45, 7) is 3.51. The Morgan fingerprint density at radius 1 is 1.18 bits per heavy atom. The molecule has 3 aromatic rings. The molecule has 3 rings (SSSR count). The van der Waals surface area contributed by atoms with Gasteiger partial charge < -0.3 is 16.2 Å². The lowest BCUT2D eigenvalue weighted by Crippen LogP contribution is -2.39. The zero-order valence-corrected chi connectivity index (χ0v) is 17.5. The first-order chi connectivity index (χ1) is 15.8. The van der Waals surface area contributed by atoms with Gasteiger partial charge in [-0.1, -0.05) is 24.8 Å². The molecule has 5 N–H and O–H groups in total. The van der Waals surface area contributed by atoms with Crippen molar-refractivity contribution in [1.82, 2.24) is 14.9 Å². The van der Waals surface area contributed by atoms with Crippen molar-refractivity contribution in [3.63, 3.8) is 0 Å². The van der Waals surface area contributed by atoms with E-state index < -0.39 is 23.4 Å². The highest BCUT2D eigenvalue weighted by Crippen LogP contribution is 2.24. The molecule has 0 atom stereocenters. The molecule has 1 aromatic heterocycles. The van der Waals surface area contributed by atoms with E-state index in [-0.39, 0.29) is 41.6 Å². The third-order valence-corrected chi connectivity index (χ3v) is 4.70. The molecule has 0 aliphatic carbocycles. The average Bonchev–Trinajstić information content (AvgIpc) is 2.83. The fraction of sp³-hybridized carbons (Fsp3) is 0.0870. The normalized spacial score (nSPS) is 10.3. The highest BCUT2D eigenvalue weighted by atomic mass is 19.1. The number of nitrogen functional groups attached to an aromatic ring is 1. The molecule has 0 fully saturated rings. The predicted octanol–water partition coefficient (Wildman–Crippen LogP) is 2.59. The number of aromatic hydroxyl groups is 1. The SMILES string of the molecule is C=CC(=O)N(CCNc1ncnc(N)c1C(=N)c1ccc(F)c(O)c1)C(=O)c1ccccc1. The number of nitrogens with one attached hydrogen (secondary N) is 2. The molecule has 0 saturated heterocycles. The minimum Gasteiger partial charge on any atom is -0.505 e. The molecule has 0 radical (unpaired) electrons. The number of hydrogen-bond acceptors (Lipinski definition) is 8. The van der Waals surface area contributed by atoms with Crippen molar-refractivity contribution in [2.24, 2.45) is 0 Å². The van der Waals surface area contributed by atoms with Gasteiger partial charge in [0.15, 0.2) is 11.6 Å². The number of imide groups is 1. The molecule has 168 valence electrons. The zero-order chi connectivity index (χ0) is 24.0. The van der Waals surface area contributed by atoms with Crippen LogP contribution in [0.5, 0.6) is 5.75 Å². The number of hydrogen-bond donors (Lipinski definition) is 4. The largest absolute Gasteiger partial charge is 0.505 e. The van der Waals surface area contributed by atoms with E-state index in [4.69, 9.17) is 11.1 Å². The standard InChI is InChI=1S/C23H21FN6O3/c1-2-18(32)30(23(33)14-6-4-3-5-7-14)11-10-27-22-19(21(26)28-13-29-22)20(25)15-8-9-16(24)17(31)12-15/h2-9,12-13,25,31H,1,10-11H2,(H3,26,27,28,29). The topological polar surface area (TPSA) is 145 Å². The summed E-state index contributed by atoms with van der Waals surface area (Å²) in [5.41, 5.74) is 6.47. The first-order valence-electron chi connectivity index (χ1n) is 9.79. The monoisotopic (exact) mass is 448 g/mol. The van der Waals surface area contributed by atoms with Gasteiger partial charge >= 0.3 is 0 Å². The molecule has 0 bridgehead atoms. The van der Waals surface area contributed by atoms with Gasteiger partial charge in [-0.25, -0.2) is 14.4 Å². The highest BCUT2D eigenvalue weighted by molar-refractivity contribution is 6.16. The lowest BCUT2D eigenvalue weighted by molar-refractivity contribution is -0.123.